The fourth-order valence-corrected chi connectivity index (χ4v) is 3.33. The van der Waals surface area contributed by atoms with Gasteiger partial charge in [0.2, 0.25) is 0 Å². The molecule has 31 heavy (non-hydrogen) atoms. The Morgan fingerprint density at radius 1 is 1.06 bits per heavy atom. The molecule has 0 saturated carbocycles. The highest BCUT2D eigenvalue weighted by Crippen LogP contribution is 2.21. The Bertz CT molecular complexity index is 750. The molecular weight excluding hydrogens is 394 g/mol. The minimum Gasteiger partial charge on any atom is -0.481 e. The average molecular weight is 432 g/mol. The van der Waals surface area contributed by atoms with E-state index >= 15 is 0 Å². The van der Waals surface area contributed by atoms with Crippen molar-refractivity contribution in [3.63, 3.8) is 0 Å². The van der Waals surface area contributed by atoms with E-state index in [-0.39, 0.29) is 12.2 Å². The average Bonchev–Trinajstić information content (AvgIpc) is 3.11. The van der Waals surface area contributed by atoms with Gasteiger partial charge >= 0.3 is 11.8 Å². The van der Waals surface area contributed by atoms with Gasteiger partial charge in [-0.2, -0.15) is 0 Å². The molecule has 0 aliphatic rings. The summed E-state index contributed by atoms with van der Waals surface area (Å²) in [7, 11) is 0. The Kier molecular flexibility index (Phi) is 13.6. The number of carboxylic acid groups (broad SMARTS) is 1. The lowest BCUT2D eigenvalue weighted by molar-refractivity contribution is -0.390. The van der Waals surface area contributed by atoms with Crippen molar-refractivity contribution in [2.45, 2.75) is 84.5 Å². The highest BCUT2D eigenvalue weighted by atomic mass is 16.6. The van der Waals surface area contributed by atoms with Crippen LogP contribution in [0.15, 0.2) is 36.5 Å². The number of imidazole rings is 1. The van der Waals surface area contributed by atoms with Crippen LogP contribution in [0.25, 0.3) is 0 Å². The molecule has 1 aromatic heterocycles. The summed E-state index contributed by atoms with van der Waals surface area (Å²) in [5.74, 6) is -1.04. The van der Waals surface area contributed by atoms with Crippen LogP contribution < -0.4 is 0 Å². The molecule has 0 aliphatic carbocycles. The molecule has 0 fully saturated rings. The van der Waals surface area contributed by atoms with E-state index in [1.807, 2.05) is 0 Å². The van der Waals surface area contributed by atoms with Crippen molar-refractivity contribution in [1.82, 2.24) is 9.97 Å². The number of H-pyrrole nitrogens is 1. The molecule has 0 aliphatic heterocycles. The first-order valence-corrected chi connectivity index (χ1v) is 11.3. The third-order valence-electron chi connectivity index (χ3n) is 5.08. The predicted octanol–water partition coefficient (Wildman–Crippen LogP) is 6.46. The number of carboxylic acids is 1. The normalized spacial score (nSPS) is 13.0. The lowest BCUT2D eigenvalue weighted by Crippen LogP contribution is -2.15. The van der Waals surface area contributed by atoms with Gasteiger partial charge in [-0.15, -0.1) is 0 Å². The summed E-state index contributed by atoms with van der Waals surface area (Å²) < 4.78 is 0. The van der Waals surface area contributed by atoms with E-state index in [1.165, 1.54) is 19.3 Å². The number of aromatic amines is 1. The number of nitrogens with zero attached hydrogens (tertiary/aromatic N) is 2. The van der Waals surface area contributed by atoms with Crippen LogP contribution in [-0.2, 0) is 11.2 Å². The summed E-state index contributed by atoms with van der Waals surface area (Å²) in [6, 6.07) is 0. The van der Waals surface area contributed by atoms with Crippen LogP contribution in [0.4, 0.5) is 5.82 Å². The Morgan fingerprint density at radius 2 is 1.68 bits per heavy atom. The number of unbranched alkanes of at least 4 members (excludes halogenated alkanes) is 4. The second kappa shape index (κ2) is 16.1. The molecule has 0 bridgehead atoms. The number of rotatable bonds is 17. The monoisotopic (exact) mass is 431 g/mol. The fraction of sp³-hybridized carbons (Fsp3) is 0.583. The van der Waals surface area contributed by atoms with Crippen LogP contribution in [0.2, 0.25) is 0 Å². The quantitative estimate of drug-likeness (QED) is 0.127. The van der Waals surface area contributed by atoms with Gasteiger partial charge in [0, 0.05) is 6.92 Å². The van der Waals surface area contributed by atoms with Crippen molar-refractivity contribution in [2.24, 2.45) is 5.92 Å². The van der Waals surface area contributed by atoms with Crippen LogP contribution in [0, 0.1) is 23.0 Å². The number of aliphatic carboxylic acids is 1. The summed E-state index contributed by atoms with van der Waals surface area (Å²) >= 11 is 0. The van der Waals surface area contributed by atoms with Crippen molar-refractivity contribution in [3.05, 3.63) is 58.1 Å². The zero-order valence-corrected chi connectivity index (χ0v) is 18.9. The minimum absolute atomic E-state index is 0.135. The summed E-state index contributed by atoms with van der Waals surface area (Å²) in [6.45, 7) is 3.86. The maximum absolute atomic E-state index is 11.5. The fourth-order valence-electron chi connectivity index (χ4n) is 3.33. The molecule has 1 heterocycles. The van der Waals surface area contributed by atoms with Gasteiger partial charge in [0.15, 0.2) is 5.82 Å². The zero-order valence-electron chi connectivity index (χ0n) is 18.9. The van der Waals surface area contributed by atoms with Gasteiger partial charge in [0.1, 0.15) is 5.69 Å². The number of aryl methyl sites for hydroxylation is 2. The molecule has 0 amide bonds. The molecular formula is C24H37N3O4. The SMILES string of the molecule is CCCCC/C=C\C/C=C\C/C=C\CCCC(CCc1nc(C)[nH]c1[N+](=O)[O-])C(=O)O. The molecule has 0 aromatic carbocycles. The van der Waals surface area contributed by atoms with Crippen molar-refractivity contribution < 1.29 is 14.8 Å². The number of nitrogens with one attached hydrogen (secondary N) is 1. The van der Waals surface area contributed by atoms with E-state index < -0.39 is 16.8 Å². The number of allylic oxidation sites excluding steroid dienone is 6. The molecule has 7 nitrogen and oxygen atoms in total. The lowest BCUT2D eigenvalue weighted by Gasteiger charge is -2.10. The molecule has 0 saturated heterocycles. The molecule has 0 radical (unpaired) electrons. The van der Waals surface area contributed by atoms with Crippen LogP contribution in [0.1, 0.15) is 82.7 Å². The smallest absolute Gasteiger partial charge is 0.343 e. The Morgan fingerprint density at radius 3 is 2.26 bits per heavy atom. The largest absolute Gasteiger partial charge is 0.481 e. The lowest BCUT2D eigenvalue weighted by atomic mass is 9.96. The highest BCUT2D eigenvalue weighted by Gasteiger charge is 2.22. The van der Waals surface area contributed by atoms with Crippen molar-refractivity contribution in [1.29, 1.82) is 0 Å². The van der Waals surface area contributed by atoms with Gasteiger partial charge in [-0.25, -0.2) is 9.97 Å². The second-order valence-electron chi connectivity index (χ2n) is 7.76. The number of hydrogen-bond donors (Lipinski definition) is 2. The summed E-state index contributed by atoms with van der Waals surface area (Å²) in [5, 5.41) is 20.5. The van der Waals surface area contributed by atoms with E-state index in [0.717, 1.165) is 32.1 Å². The summed E-state index contributed by atoms with van der Waals surface area (Å²) in [5.41, 5.74) is 0.330. The molecule has 1 unspecified atom stereocenters. The third kappa shape index (κ3) is 11.9. The number of nitro groups is 1. The molecule has 0 spiro atoms. The first-order chi connectivity index (χ1) is 15.0. The van der Waals surface area contributed by atoms with Gasteiger partial charge in [-0.3, -0.25) is 4.79 Å². The van der Waals surface area contributed by atoms with Gasteiger partial charge in [0.05, 0.1) is 5.92 Å². The topological polar surface area (TPSA) is 109 Å². The van der Waals surface area contributed by atoms with E-state index in [4.69, 9.17) is 0 Å². The predicted molar refractivity (Wildman–Crippen MR) is 124 cm³/mol. The van der Waals surface area contributed by atoms with Crippen molar-refractivity contribution >= 4 is 11.8 Å². The van der Waals surface area contributed by atoms with E-state index in [2.05, 4.69) is 53.3 Å². The Balaban J connectivity index is 2.24. The van der Waals surface area contributed by atoms with Crippen LogP contribution in [0.3, 0.4) is 0 Å². The van der Waals surface area contributed by atoms with E-state index in [9.17, 15) is 20.0 Å². The van der Waals surface area contributed by atoms with Crippen molar-refractivity contribution in [3.8, 4) is 0 Å². The van der Waals surface area contributed by atoms with Crippen molar-refractivity contribution in [2.75, 3.05) is 0 Å². The second-order valence-corrected chi connectivity index (χ2v) is 7.76. The summed E-state index contributed by atoms with van der Waals surface area (Å²) in [6.07, 6.45) is 22.6. The Hall–Kier alpha value is -2.70. The molecule has 172 valence electrons. The summed E-state index contributed by atoms with van der Waals surface area (Å²) in [4.78, 5) is 28.8. The molecule has 1 atom stereocenters. The first kappa shape index (κ1) is 26.3. The maximum atomic E-state index is 11.5. The third-order valence-corrected chi connectivity index (χ3v) is 5.08. The minimum atomic E-state index is -0.857. The van der Waals surface area contributed by atoms with Gasteiger partial charge in [0.25, 0.3) is 0 Å². The van der Waals surface area contributed by atoms with E-state index in [1.54, 1.807) is 6.92 Å². The van der Waals surface area contributed by atoms with Crippen LogP contribution in [0.5, 0.6) is 0 Å². The highest BCUT2D eigenvalue weighted by molar-refractivity contribution is 5.69. The van der Waals surface area contributed by atoms with Gasteiger partial charge in [-0.1, -0.05) is 56.2 Å². The number of hydrogen-bond acceptors (Lipinski definition) is 4. The Labute approximate surface area is 185 Å². The first-order valence-electron chi connectivity index (χ1n) is 11.3. The zero-order chi connectivity index (χ0) is 22.9. The molecule has 1 aromatic rings. The number of aromatic nitrogens is 2. The number of carbonyl (C=O) groups is 1. The molecule has 2 N–H and O–H groups in total. The van der Waals surface area contributed by atoms with Crippen LogP contribution >= 0.6 is 0 Å². The van der Waals surface area contributed by atoms with Gasteiger partial charge < -0.3 is 15.2 Å². The molecule has 7 heteroatoms. The van der Waals surface area contributed by atoms with E-state index in [0.29, 0.717) is 24.4 Å². The molecule has 1 rings (SSSR count). The standard InChI is InChI=1S/C24H37N3O4/c1-3-4-5-6-7-8-9-10-11-12-13-14-15-16-17-21(24(28)29)18-19-22-23(27(30)31)26-20(2)25-22/h7-8,10-11,13-14,21H,3-6,9,12,15-19H2,1-2H3,(H,25,26)(H,28,29)/b8-7-,11-10-,14-13-. The van der Waals surface area contributed by atoms with Gasteiger partial charge in [-0.05, 0) is 62.7 Å². The van der Waals surface area contributed by atoms with Crippen LogP contribution in [-0.4, -0.2) is 26.0 Å². The maximum Gasteiger partial charge on any atom is 0.343 e.